The highest BCUT2D eigenvalue weighted by atomic mass is 19.4. The summed E-state index contributed by atoms with van der Waals surface area (Å²) in [6.45, 7) is 0. The van der Waals surface area contributed by atoms with E-state index in [-0.39, 0.29) is 11.1 Å². The average Bonchev–Trinajstić information content (AvgIpc) is 2.71. The molecule has 0 aliphatic rings. The third-order valence-corrected chi connectivity index (χ3v) is 4.36. The smallest absolute Gasteiger partial charge is 0.340 e. The summed E-state index contributed by atoms with van der Waals surface area (Å²) < 4.78 is 93.3. The molecule has 1 heterocycles. The maximum Gasteiger partial charge on any atom is 0.419 e. The summed E-state index contributed by atoms with van der Waals surface area (Å²) >= 11 is 0. The molecule has 1 aromatic heterocycles. The number of hydrogen-bond donors (Lipinski definition) is 1. The first-order valence-electron chi connectivity index (χ1n) is 8.73. The van der Waals surface area contributed by atoms with Gasteiger partial charge < -0.3 is 5.32 Å². The fourth-order valence-corrected chi connectivity index (χ4v) is 2.94. The van der Waals surface area contributed by atoms with Gasteiger partial charge in [-0.25, -0.2) is 4.39 Å². The predicted octanol–water partition coefficient (Wildman–Crippen LogP) is 5.78. The van der Waals surface area contributed by atoms with E-state index in [1.807, 2.05) is 0 Å². The molecule has 31 heavy (non-hydrogen) atoms. The lowest BCUT2D eigenvalue weighted by Gasteiger charge is -2.23. The van der Waals surface area contributed by atoms with Crippen LogP contribution in [0.15, 0.2) is 66.9 Å². The van der Waals surface area contributed by atoms with E-state index in [0.29, 0.717) is 18.2 Å². The van der Waals surface area contributed by atoms with Crippen molar-refractivity contribution < 1.29 is 35.5 Å². The van der Waals surface area contributed by atoms with Gasteiger partial charge in [0.1, 0.15) is 5.82 Å². The van der Waals surface area contributed by atoms with Crippen LogP contribution in [-0.2, 0) is 12.4 Å². The minimum absolute atomic E-state index is 0.0874. The van der Waals surface area contributed by atoms with Gasteiger partial charge in [0, 0.05) is 11.8 Å². The van der Waals surface area contributed by atoms with Gasteiger partial charge in [-0.15, -0.1) is 0 Å². The highest BCUT2D eigenvalue weighted by Crippen LogP contribution is 2.37. The molecule has 0 unspecified atom stereocenters. The Bertz CT molecular complexity index is 1080. The molecule has 2 aromatic carbocycles. The van der Waals surface area contributed by atoms with Crippen LogP contribution in [0, 0.1) is 5.82 Å². The van der Waals surface area contributed by atoms with Crippen molar-refractivity contribution in [3.63, 3.8) is 0 Å². The van der Waals surface area contributed by atoms with Crippen LogP contribution >= 0.6 is 0 Å². The van der Waals surface area contributed by atoms with Crippen molar-refractivity contribution in [1.82, 2.24) is 10.3 Å². The molecule has 0 radical (unpaired) electrons. The van der Waals surface area contributed by atoms with Crippen molar-refractivity contribution in [2.24, 2.45) is 0 Å². The summed E-state index contributed by atoms with van der Waals surface area (Å²) in [6.07, 6.45) is -8.83. The zero-order valence-corrected chi connectivity index (χ0v) is 15.4. The maximum atomic E-state index is 14.1. The third kappa shape index (κ3) is 5.01. The Labute approximate surface area is 171 Å². The van der Waals surface area contributed by atoms with Crippen molar-refractivity contribution in [1.29, 1.82) is 0 Å². The van der Waals surface area contributed by atoms with Crippen molar-refractivity contribution in [3.05, 3.63) is 101 Å². The fraction of sp³-hybridized carbons (Fsp3) is 0.143. The van der Waals surface area contributed by atoms with E-state index in [1.54, 1.807) is 6.07 Å². The molecule has 0 aliphatic carbocycles. The monoisotopic (exact) mass is 442 g/mol. The van der Waals surface area contributed by atoms with Gasteiger partial charge in [-0.2, -0.15) is 26.3 Å². The molecule has 1 amide bonds. The second kappa shape index (κ2) is 8.37. The fourth-order valence-electron chi connectivity index (χ4n) is 2.94. The second-order valence-corrected chi connectivity index (χ2v) is 6.44. The number of nitrogens with one attached hydrogen (secondary N) is 1. The Morgan fingerprint density at radius 2 is 1.48 bits per heavy atom. The van der Waals surface area contributed by atoms with E-state index < -0.39 is 46.9 Å². The van der Waals surface area contributed by atoms with Gasteiger partial charge in [0.05, 0.1) is 22.9 Å². The van der Waals surface area contributed by atoms with E-state index in [4.69, 9.17) is 0 Å². The van der Waals surface area contributed by atoms with Crippen LogP contribution in [-0.4, -0.2) is 10.9 Å². The quantitative estimate of drug-likeness (QED) is 0.521. The average molecular weight is 442 g/mol. The first kappa shape index (κ1) is 22.3. The minimum atomic E-state index is -4.99. The van der Waals surface area contributed by atoms with Gasteiger partial charge in [0.25, 0.3) is 5.91 Å². The molecule has 0 saturated heterocycles. The molecule has 3 nitrogen and oxygen atoms in total. The molecule has 0 aliphatic heterocycles. The van der Waals surface area contributed by atoms with Crippen LogP contribution in [0.25, 0.3) is 0 Å². The molecule has 10 heteroatoms. The van der Waals surface area contributed by atoms with Crippen LogP contribution in [0.3, 0.4) is 0 Å². The normalized spacial score (nSPS) is 13.0. The summed E-state index contributed by atoms with van der Waals surface area (Å²) in [4.78, 5) is 16.3. The number of nitrogens with zero attached hydrogens (tertiary/aromatic N) is 1. The third-order valence-electron chi connectivity index (χ3n) is 4.36. The van der Waals surface area contributed by atoms with E-state index in [2.05, 4.69) is 10.3 Å². The van der Waals surface area contributed by atoms with Crippen molar-refractivity contribution in [3.8, 4) is 0 Å². The van der Waals surface area contributed by atoms with Gasteiger partial charge in [-0.3, -0.25) is 9.78 Å². The number of hydrogen-bond acceptors (Lipinski definition) is 2. The summed E-state index contributed by atoms with van der Waals surface area (Å²) in [7, 11) is 0. The summed E-state index contributed by atoms with van der Waals surface area (Å²) in [6, 6.07) is 9.15. The van der Waals surface area contributed by atoms with Crippen LogP contribution < -0.4 is 5.32 Å². The molecule has 162 valence electrons. The van der Waals surface area contributed by atoms with E-state index >= 15 is 0 Å². The Morgan fingerprint density at radius 3 is 2.06 bits per heavy atom. The maximum absolute atomic E-state index is 14.1. The van der Waals surface area contributed by atoms with Crippen molar-refractivity contribution in [2.45, 2.75) is 18.4 Å². The highest BCUT2D eigenvalue weighted by molar-refractivity contribution is 5.94. The molecule has 0 spiro atoms. The Balaban J connectivity index is 2.12. The van der Waals surface area contributed by atoms with Crippen LogP contribution in [0.2, 0.25) is 0 Å². The van der Waals surface area contributed by atoms with Crippen molar-refractivity contribution in [2.75, 3.05) is 0 Å². The lowest BCUT2D eigenvalue weighted by molar-refractivity contribution is -0.140. The number of rotatable bonds is 4. The van der Waals surface area contributed by atoms with Gasteiger partial charge in [-0.1, -0.05) is 24.3 Å². The standard InChI is InChI=1S/C21H13F7N2O/c22-16-11-13(8-9-14(16)20(23,24)25)17(30-19(31)12-5-2-1-3-6-12)18-15(21(26,27)28)7-4-10-29-18/h1-11,17H,(H,30,31)/t17-/m0/s1. The SMILES string of the molecule is O=C(N[C@@H](c1ccc(C(F)(F)F)c(F)c1)c1ncccc1C(F)(F)F)c1ccccc1. The highest BCUT2D eigenvalue weighted by Gasteiger charge is 2.38. The van der Waals surface area contributed by atoms with Gasteiger partial charge in [-0.05, 0) is 42.0 Å². The summed E-state index contributed by atoms with van der Waals surface area (Å²) in [5.41, 5.74) is -3.73. The molecule has 3 rings (SSSR count). The number of halogens is 7. The largest absolute Gasteiger partial charge is 0.419 e. The first-order valence-corrected chi connectivity index (χ1v) is 8.73. The molecule has 1 atom stereocenters. The van der Waals surface area contributed by atoms with Crippen molar-refractivity contribution >= 4 is 5.91 Å². The second-order valence-electron chi connectivity index (χ2n) is 6.44. The molecule has 0 bridgehead atoms. The van der Waals surface area contributed by atoms with E-state index in [1.165, 1.54) is 24.3 Å². The zero-order chi connectivity index (χ0) is 22.8. The number of carbonyl (C=O) groups is 1. The topological polar surface area (TPSA) is 42.0 Å². The Morgan fingerprint density at radius 1 is 0.839 bits per heavy atom. The lowest BCUT2D eigenvalue weighted by Crippen LogP contribution is -2.32. The van der Waals surface area contributed by atoms with Gasteiger partial charge >= 0.3 is 12.4 Å². The van der Waals surface area contributed by atoms with Crippen LogP contribution in [0.4, 0.5) is 30.7 Å². The Kier molecular flexibility index (Phi) is 6.01. The molecule has 3 aromatic rings. The van der Waals surface area contributed by atoms with Gasteiger partial charge in [0.2, 0.25) is 0 Å². The summed E-state index contributed by atoms with van der Waals surface area (Å²) in [5.74, 6) is -2.50. The lowest BCUT2D eigenvalue weighted by atomic mass is 9.97. The molecule has 1 N–H and O–H groups in total. The number of aromatic nitrogens is 1. The van der Waals surface area contributed by atoms with Crippen LogP contribution in [0.1, 0.15) is 38.8 Å². The minimum Gasteiger partial charge on any atom is -0.340 e. The molecule has 0 fully saturated rings. The Hall–Kier alpha value is -3.43. The molecular weight excluding hydrogens is 429 g/mol. The number of amides is 1. The number of benzene rings is 2. The molecule has 0 saturated carbocycles. The molecular formula is C21H13F7N2O. The number of alkyl halides is 6. The number of pyridine rings is 1. The van der Waals surface area contributed by atoms with Gasteiger partial charge in [0.15, 0.2) is 0 Å². The van der Waals surface area contributed by atoms with E-state index in [9.17, 15) is 35.5 Å². The zero-order valence-electron chi connectivity index (χ0n) is 15.4. The first-order chi connectivity index (χ1) is 14.5. The van der Waals surface area contributed by atoms with E-state index in [0.717, 1.165) is 18.3 Å². The predicted molar refractivity (Wildman–Crippen MR) is 96.4 cm³/mol. The van der Waals surface area contributed by atoms with Crippen LogP contribution in [0.5, 0.6) is 0 Å². The number of carbonyl (C=O) groups excluding carboxylic acids is 1. The summed E-state index contributed by atoms with van der Waals surface area (Å²) in [5, 5.41) is 2.31.